The van der Waals surface area contributed by atoms with Crippen molar-refractivity contribution in [3.05, 3.63) is 24.5 Å². The first-order valence-corrected chi connectivity index (χ1v) is 7.54. The monoisotopic (exact) mass is 355 g/mol. The highest BCUT2D eigenvalue weighted by atomic mass is 127. The van der Waals surface area contributed by atoms with Gasteiger partial charge in [0.1, 0.15) is 4.90 Å². The Morgan fingerprint density at radius 3 is 2.69 bits per heavy atom. The quantitative estimate of drug-likeness (QED) is 0.462. The predicted octanol–water partition coefficient (Wildman–Crippen LogP) is 2.39. The molecule has 0 N–H and O–H groups in total. The van der Waals surface area contributed by atoms with E-state index in [1.54, 1.807) is 13.0 Å². The van der Waals surface area contributed by atoms with E-state index in [0.717, 1.165) is 0 Å². The molecule has 6 heteroatoms. The van der Waals surface area contributed by atoms with E-state index in [2.05, 4.69) is 27.6 Å². The summed E-state index contributed by atoms with van der Waals surface area (Å²) >= 11 is 2.24. The van der Waals surface area contributed by atoms with Gasteiger partial charge in [0.05, 0.1) is 6.10 Å². The number of halogens is 1. The fraction of sp³-hybridized carbons (Fsp3) is 0.500. The van der Waals surface area contributed by atoms with Crippen LogP contribution in [0, 0.1) is 0 Å². The minimum absolute atomic E-state index is 0.1000. The first-order valence-electron chi connectivity index (χ1n) is 4.89. The molecule has 1 aromatic rings. The third-order valence-electron chi connectivity index (χ3n) is 1.87. The van der Waals surface area contributed by atoms with Crippen LogP contribution in [0.5, 0.6) is 0 Å². The molecular formula is C10H14INO3S. The molecule has 2 atom stereocenters. The minimum atomic E-state index is -3.67. The molecule has 0 bridgehead atoms. The summed E-state index contributed by atoms with van der Waals surface area (Å²) in [7, 11) is -3.67. The maximum atomic E-state index is 11.8. The average molecular weight is 355 g/mol. The zero-order chi connectivity index (χ0) is 12.2. The van der Waals surface area contributed by atoms with Crippen molar-refractivity contribution < 1.29 is 12.6 Å². The standard InChI is InChI=1S/C10H14INO3S/c1-8(11)6-9(2)15-16(13,14)10-4-3-5-12-7-10/h3-5,7-9H,6H2,1-2H3. The molecule has 0 saturated heterocycles. The van der Waals surface area contributed by atoms with Crippen LogP contribution < -0.4 is 0 Å². The van der Waals surface area contributed by atoms with E-state index in [1.165, 1.54) is 18.5 Å². The number of hydrogen-bond donors (Lipinski definition) is 0. The van der Waals surface area contributed by atoms with Gasteiger partial charge < -0.3 is 0 Å². The highest BCUT2D eigenvalue weighted by molar-refractivity contribution is 14.1. The molecule has 1 heterocycles. The molecule has 1 aromatic heterocycles. The Morgan fingerprint density at radius 1 is 1.50 bits per heavy atom. The van der Waals surface area contributed by atoms with Crippen molar-refractivity contribution in [2.24, 2.45) is 0 Å². The van der Waals surface area contributed by atoms with Crippen molar-refractivity contribution >= 4 is 32.7 Å². The molecule has 0 aliphatic carbocycles. The molecule has 16 heavy (non-hydrogen) atoms. The molecule has 2 unspecified atom stereocenters. The summed E-state index contributed by atoms with van der Waals surface area (Å²) < 4.78 is 29.0. The highest BCUT2D eigenvalue weighted by Gasteiger charge is 2.19. The second-order valence-electron chi connectivity index (χ2n) is 3.57. The van der Waals surface area contributed by atoms with Crippen LogP contribution in [-0.4, -0.2) is 23.4 Å². The van der Waals surface area contributed by atoms with Crippen LogP contribution in [0.2, 0.25) is 0 Å². The van der Waals surface area contributed by atoms with Crippen LogP contribution in [0.3, 0.4) is 0 Å². The van der Waals surface area contributed by atoms with Crippen LogP contribution >= 0.6 is 22.6 Å². The minimum Gasteiger partial charge on any atom is -0.263 e. The third-order valence-corrected chi connectivity index (χ3v) is 3.78. The Morgan fingerprint density at radius 2 is 2.19 bits per heavy atom. The molecule has 0 spiro atoms. The Balaban J connectivity index is 2.73. The van der Waals surface area contributed by atoms with Crippen molar-refractivity contribution in [3.8, 4) is 0 Å². The molecule has 0 aromatic carbocycles. The summed E-state index contributed by atoms with van der Waals surface area (Å²) in [4.78, 5) is 3.86. The molecule has 90 valence electrons. The summed E-state index contributed by atoms with van der Waals surface area (Å²) in [5, 5.41) is 0. The van der Waals surface area contributed by atoms with Gasteiger partial charge in [-0.2, -0.15) is 8.42 Å². The first-order chi connectivity index (χ1) is 7.42. The summed E-state index contributed by atoms with van der Waals surface area (Å²) in [5.41, 5.74) is 0. The van der Waals surface area contributed by atoms with Crippen LogP contribution in [-0.2, 0) is 14.3 Å². The zero-order valence-corrected chi connectivity index (χ0v) is 12.1. The van der Waals surface area contributed by atoms with Gasteiger partial charge in [-0.1, -0.05) is 29.5 Å². The largest absolute Gasteiger partial charge is 0.298 e. The Hall–Kier alpha value is -0.210. The number of aromatic nitrogens is 1. The smallest absolute Gasteiger partial charge is 0.263 e. The molecule has 1 rings (SSSR count). The molecule has 0 fully saturated rings. The third kappa shape index (κ3) is 4.34. The predicted molar refractivity (Wildman–Crippen MR) is 70.1 cm³/mol. The Bertz CT molecular complexity index is 419. The molecule has 0 saturated carbocycles. The molecule has 0 amide bonds. The number of nitrogens with zero attached hydrogens (tertiary/aromatic N) is 1. The molecule has 0 aliphatic rings. The molecule has 0 radical (unpaired) electrons. The fourth-order valence-electron chi connectivity index (χ4n) is 1.26. The van der Waals surface area contributed by atoms with Crippen molar-refractivity contribution in [2.45, 2.75) is 35.2 Å². The van der Waals surface area contributed by atoms with Gasteiger partial charge >= 0.3 is 0 Å². The summed E-state index contributed by atoms with van der Waals surface area (Å²) in [6, 6.07) is 3.05. The number of hydrogen-bond acceptors (Lipinski definition) is 4. The number of pyridine rings is 1. The second-order valence-corrected chi connectivity index (χ2v) is 7.26. The topological polar surface area (TPSA) is 56.3 Å². The lowest BCUT2D eigenvalue weighted by Gasteiger charge is -2.13. The normalized spacial score (nSPS) is 15.7. The Labute approximate surface area is 110 Å². The van der Waals surface area contributed by atoms with E-state index >= 15 is 0 Å². The SMILES string of the molecule is CC(I)CC(C)OS(=O)(=O)c1cccnc1. The van der Waals surface area contributed by atoms with Crippen LogP contribution in [0.1, 0.15) is 20.3 Å². The summed E-state index contributed by atoms with van der Waals surface area (Å²) in [6.45, 7) is 3.76. The zero-order valence-electron chi connectivity index (χ0n) is 9.13. The fourth-order valence-corrected chi connectivity index (χ4v) is 3.04. The Kier molecular flexibility index (Phi) is 5.13. The van der Waals surface area contributed by atoms with Crippen LogP contribution in [0.4, 0.5) is 0 Å². The molecule has 4 nitrogen and oxygen atoms in total. The second kappa shape index (κ2) is 5.92. The van der Waals surface area contributed by atoms with Crippen LogP contribution in [0.25, 0.3) is 0 Å². The van der Waals surface area contributed by atoms with Crippen molar-refractivity contribution in [3.63, 3.8) is 0 Å². The van der Waals surface area contributed by atoms with E-state index in [0.29, 0.717) is 10.3 Å². The van der Waals surface area contributed by atoms with Crippen molar-refractivity contribution in [1.29, 1.82) is 0 Å². The first kappa shape index (κ1) is 13.9. The lowest BCUT2D eigenvalue weighted by atomic mass is 10.2. The van der Waals surface area contributed by atoms with Gasteiger partial charge in [-0.15, -0.1) is 0 Å². The van der Waals surface area contributed by atoms with E-state index in [4.69, 9.17) is 4.18 Å². The highest BCUT2D eigenvalue weighted by Crippen LogP contribution is 2.17. The van der Waals surface area contributed by atoms with Gasteiger partial charge in [0.2, 0.25) is 0 Å². The van der Waals surface area contributed by atoms with E-state index in [1.807, 2.05) is 6.92 Å². The summed E-state index contributed by atoms with van der Waals surface area (Å²) in [5.74, 6) is 0. The molecular weight excluding hydrogens is 341 g/mol. The van der Waals surface area contributed by atoms with Gasteiger partial charge in [-0.05, 0) is 25.5 Å². The van der Waals surface area contributed by atoms with Gasteiger partial charge in [-0.3, -0.25) is 9.17 Å². The maximum Gasteiger partial charge on any atom is 0.298 e. The van der Waals surface area contributed by atoms with Crippen LogP contribution in [0.15, 0.2) is 29.4 Å². The number of alkyl halides is 1. The number of rotatable bonds is 5. The molecule has 0 aliphatic heterocycles. The van der Waals surface area contributed by atoms with E-state index in [-0.39, 0.29) is 11.0 Å². The average Bonchev–Trinajstić information content (AvgIpc) is 2.16. The maximum absolute atomic E-state index is 11.8. The summed E-state index contributed by atoms with van der Waals surface area (Å²) in [6.07, 6.45) is 3.18. The van der Waals surface area contributed by atoms with Gasteiger partial charge in [0, 0.05) is 16.3 Å². The van der Waals surface area contributed by atoms with E-state index in [9.17, 15) is 8.42 Å². The van der Waals surface area contributed by atoms with Gasteiger partial charge in [-0.25, -0.2) is 0 Å². The van der Waals surface area contributed by atoms with Crippen molar-refractivity contribution in [1.82, 2.24) is 4.98 Å². The lowest BCUT2D eigenvalue weighted by Crippen LogP contribution is -2.18. The van der Waals surface area contributed by atoms with Gasteiger partial charge in [0.25, 0.3) is 10.1 Å². The van der Waals surface area contributed by atoms with E-state index < -0.39 is 10.1 Å². The lowest BCUT2D eigenvalue weighted by molar-refractivity contribution is 0.220. The van der Waals surface area contributed by atoms with Gasteiger partial charge in [0.15, 0.2) is 0 Å². The van der Waals surface area contributed by atoms with Crippen molar-refractivity contribution in [2.75, 3.05) is 0 Å².